The first-order valence-corrected chi connectivity index (χ1v) is 10.4. The second-order valence-electron chi connectivity index (χ2n) is 6.76. The molecule has 0 atom stereocenters. The maximum Gasteiger partial charge on any atom is 0.387 e. The standard InChI is InChI=1S/C19H26F2N4O2S/c1-13(2)12-25-16(23-24-19(25)28-3)5-4-10-22-17(26)11-14-6-8-15(9-7-14)27-18(20)21/h6-9,13,18H,4-5,10-12H2,1-3H3,(H,22,26). The monoisotopic (exact) mass is 412 g/mol. The summed E-state index contributed by atoms with van der Waals surface area (Å²) in [6, 6.07) is 6.07. The largest absolute Gasteiger partial charge is 0.435 e. The molecule has 2 aromatic rings. The summed E-state index contributed by atoms with van der Waals surface area (Å²) in [6.45, 7) is 2.86. The molecule has 0 aliphatic heterocycles. The lowest BCUT2D eigenvalue weighted by Gasteiger charge is -2.12. The van der Waals surface area contributed by atoms with E-state index in [1.54, 1.807) is 23.9 Å². The van der Waals surface area contributed by atoms with E-state index in [1.165, 1.54) is 12.1 Å². The summed E-state index contributed by atoms with van der Waals surface area (Å²) < 4.78 is 30.7. The molecule has 2 rings (SSSR count). The number of aromatic nitrogens is 3. The summed E-state index contributed by atoms with van der Waals surface area (Å²) in [5.41, 5.74) is 0.736. The molecule has 0 radical (unpaired) electrons. The van der Waals surface area contributed by atoms with Crippen LogP contribution in [0, 0.1) is 5.92 Å². The highest BCUT2D eigenvalue weighted by Gasteiger charge is 2.12. The molecule has 0 spiro atoms. The average Bonchev–Trinajstić information content (AvgIpc) is 3.01. The van der Waals surface area contributed by atoms with Crippen molar-refractivity contribution in [3.05, 3.63) is 35.7 Å². The van der Waals surface area contributed by atoms with E-state index in [2.05, 4.69) is 38.7 Å². The van der Waals surface area contributed by atoms with Crippen molar-refractivity contribution in [2.24, 2.45) is 5.92 Å². The number of hydrogen-bond acceptors (Lipinski definition) is 5. The zero-order valence-corrected chi connectivity index (χ0v) is 17.1. The minimum absolute atomic E-state index is 0.0780. The van der Waals surface area contributed by atoms with Crippen LogP contribution in [0.4, 0.5) is 8.78 Å². The molecule has 28 heavy (non-hydrogen) atoms. The van der Waals surface area contributed by atoms with Crippen LogP contribution in [-0.2, 0) is 24.2 Å². The Morgan fingerprint density at radius 3 is 2.57 bits per heavy atom. The number of halogens is 2. The van der Waals surface area contributed by atoms with Gasteiger partial charge in [0, 0.05) is 19.5 Å². The highest BCUT2D eigenvalue weighted by atomic mass is 32.2. The quantitative estimate of drug-likeness (QED) is 0.452. The Kier molecular flexibility index (Phi) is 8.69. The highest BCUT2D eigenvalue weighted by Crippen LogP contribution is 2.17. The number of benzene rings is 1. The summed E-state index contributed by atoms with van der Waals surface area (Å²) >= 11 is 1.58. The topological polar surface area (TPSA) is 69.0 Å². The average molecular weight is 413 g/mol. The van der Waals surface area contributed by atoms with Crippen molar-refractivity contribution in [3.8, 4) is 5.75 Å². The van der Waals surface area contributed by atoms with E-state index in [-0.39, 0.29) is 18.1 Å². The normalized spacial score (nSPS) is 11.2. The van der Waals surface area contributed by atoms with Gasteiger partial charge in [-0.05, 0) is 36.3 Å². The first-order valence-electron chi connectivity index (χ1n) is 9.15. The van der Waals surface area contributed by atoms with Gasteiger partial charge in [0.25, 0.3) is 0 Å². The van der Waals surface area contributed by atoms with Crippen LogP contribution in [0.2, 0.25) is 0 Å². The first kappa shape index (κ1) is 22.1. The Labute approximate surface area is 168 Å². The van der Waals surface area contributed by atoms with E-state index < -0.39 is 6.61 Å². The fourth-order valence-corrected chi connectivity index (χ4v) is 3.24. The molecule has 0 fully saturated rings. The Bertz CT molecular complexity index is 751. The number of amides is 1. The van der Waals surface area contributed by atoms with Gasteiger partial charge in [0.2, 0.25) is 5.91 Å². The summed E-state index contributed by atoms with van der Waals surface area (Å²) in [5, 5.41) is 12.3. The molecule has 0 saturated carbocycles. The number of nitrogens with zero attached hydrogens (tertiary/aromatic N) is 3. The zero-order valence-electron chi connectivity index (χ0n) is 16.3. The van der Waals surface area contributed by atoms with Crippen LogP contribution in [0.15, 0.2) is 29.4 Å². The maximum atomic E-state index is 12.1. The number of carbonyl (C=O) groups excluding carboxylic acids is 1. The summed E-state index contributed by atoms with van der Waals surface area (Å²) in [5.74, 6) is 1.39. The predicted molar refractivity (Wildman–Crippen MR) is 105 cm³/mol. The summed E-state index contributed by atoms with van der Waals surface area (Å²) in [7, 11) is 0. The SMILES string of the molecule is CSc1nnc(CCCNC(=O)Cc2ccc(OC(F)F)cc2)n1CC(C)C. The number of alkyl halides is 2. The van der Waals surface area contributed by atoms with Crippen molar-refractivity contribution < 1.29 is 18.3 Å². The third-order valence-electron chi connectivity index (χ3n) is 3.94. The van der Waals surface area contributed by atoms with E-state index in [9.17, 15) is 13.6 Å². The number of aryl methyl sites for hydroxylation is 1. The van der Waals surface area contributed by atoms with E-state index in [0.29, 0.717) is 12.5 Å². The van der Waals surface area contributed by atoms with Gasteiger partial charge in [0.05, 0.1) is 6.42 Å². The second-order valence-corrected chi connectivity index (χ2v) is 7.53. The molecule has 0 aliphatic rings. The van der Waals surface area contributed by atoms with Crippen LogP contribution in [0.1, 0.15) is 31.7 Å². The Morgan fingerprint density at radius 1 is 1.25 bits per heavy atom. The van der Waals surface area contributed by atoms with Gasteiger partial charge < -0.3 is 14.6 Å². The fraction of sp³-hybridized carbons (Fsp3) is 0.526. The maximum absolute atomic E-state index is 12.1. The molecule has 154 valence electrons. The van der Waals surface area contributed by atoms with Crippen molar-refractivity contribution in [2.45, 2.75) is 51.4 Å². The molecule has 1 aromatic carbocycles. The van der Waals surface area contributed by atoms with Crippen LogP contribution >= 0.6 is 11.8 Å². The zero-order chi connectivity index (χ0) is 20.5. The Hall–Kier alpha value is -2.16. The molecule has 9 heteroatoms. The minimum Gasteiger partial charge on any atom is -0.435 e. The van der Waals surface area contributed by atoms with Crippen molar-refractivity contribution in [1.29, 1.82) is 0 Å². The summed E-state index contributed by atoms with van der Waals surface area (Å²) in [6.07, 6.45) is 3.67. The number of carbonyl (C=O) groups is 1. The van der Waals surface area contributed by atoms with Crippen LogP contribution in [0.5, 0.6) is 5.75 Å². The molecular weight excluding hydrogens is 386 g/mol. The van der Waals surface area contributed by atoms with Crippen molar-refractivity contribution >= 4 is 17.7 Å². The van der Waals surface area contributed by atoms with Gasteiger partial charge in [-0.1, -0.05) is 37.7 Å². The molecule has 0 aliphatic carbocycles. The van der Waals surface area contributed by atoms with Crippen LogP contribution in [0.25, 0.3) is 0 Å². The number of rotatable bonds is 11. The molecule has 0 unspecified atom stereocenters. The molecule has 0 saturated heterocycles. The number of ether oxygens (including phenoxy) is 1. The van der Waals surface area contributed by atoms with E-state index in [1.807, 2.05) is 6.26 Å². The number of nitrogens with one attached hydrogen (secondary N) is 1. The third kappa shape index (κ3) is 7.10. The molecule has 1 amide bonds. The van der Waals surface area contributed by atoms with Gasteiger partial charge in [-0.25, -0.2) is 0 Å². The van der Waals surface area contributed by atoms with Crippen molar-refractivity contribution in [2.75, 3.05) is 12.8 Å². The van der Waals surface area contributed by atoms with Gasteiger partial charge in [-0.2, -0.15) is 8.78 Å². The molecule has 1 aromatic heterocycles. The van der Waals surface area contributed by atoms with Crippen molar-refractivity contribution in [1.82, 2.24) is 20.1 Å². The molecule has 1 N–H and O–H groups in total. The minimum atomic E-state index is -2.85. The number of hydrogen-bond donors (Lipinski definition) is 1. The van der Waals surface area contributed by atoms with Crippen LogP contribution in [-0.4, -0.2) is 40.1 Å². The lowest BCUT2D eigenvalue weighted by molar-refractivity contribution is -0.120. The summed E-state index contributed by atoms with van der Waals surface area (Å²) in [4.78, 5) is 12.1. The van der Waals surface area contributed by atoms with Gasteiger partial charge >= 0.3 is 6.61 Å². The second kappa shape index (κ2) is 11.0. The van der Waals surface area contributed by atoms with E-state index in [4.69, 9.17) is 0 Å². The van der Waals surface area contributed by atoms with E-state index in [0.717, 1.165) is 35.9 Å². The lowest BCUT2D eigenvalue weighted by Crippen LogP contribution is -2.26. The van der Waals surface area contributed by atoms with Crippen molar-refractivity contribution in [3.63, 3.8) is 0 Å². The van der Waals surface area contributed by atoms with Gasteiger partial charge in [-0.3, -0.25) is 4.79 Å². The van der Waals surface area contributed by atoms with Gasteiger partial charge in [0.1, 0.15) is 11.6 Å². The van der Waals surface area contributed by atoms with E-state index >= 15 is 0 Å². The first-order chi connectivity index (χ1) is 13.4. The smallest absolute Gasteiger partial charge is 0.387 e. The molecular formula is C19H26F2N4O2S. The lowest BCUT2D eigenvalue weighted by atomic mass is 10.1. The molecule has 1 heterocycles. The van der Waals surface area contributed by atoms with Gasteiger partial charge in [-0.15, -0.1) is 10.2 Å². The van der Waals surface area contributed by atoms with Crippen LogP contribution in [0.3, 0.4) is 0 Å². The highest BCUT2D eigenvalue weighted by molar-refractivity contribution is 7.98. The van der Waals surface area contributed by atoms with Crippen LogP contribution < -0.4 is 10.1 Å². The third-order valence-corrected chi connectivity index (χ3v) is 4.60. The molecule has 6 nitrogen and oxygen atoms in total. The Morgan fingerprint density at radius 2 is 1.96 bits per heavy atom. The van der Waals surface area contributed by atoms with Gasteiger partial charge in [0.15, 0.2) is 5.16 Å². The number of thioether (sulfide) groups is 1. The Balaban J connectivity index is 1.76. The predicted octanol–water partition coefficient (Wildman–Crippen LogP) is 3.55. The fourth-order valence-electron chi connectivity index (χ4n) is 2.71. The molecule has 0 bridgehead atoms.